The molecule has 0 unspecified atom stereocenters. The van der Waals surface area contributed by atoms with Gasteiger partial charge >= 0.3 is 0 Å². The Morgan fingerprint density at radius 2 is 2.35 bits per heavy atom. The number of aromatic nitrogens is 1. The minimum atomic E-state index is -0.409. The summed E-state index contributed by atoms with van der Waals surface area (Å²) in [6.07, 6.45) is 1.85. The molecule has 4 nitrogen and oxygen atoms in total. The maximum atomic E-state index is 13.7. The van der Waals surface area contributed by atoms with Crippen molar-refractivity contribution >= 4 is 21.7 Å². The fraction of sp³-hybridized carbons (Fsp3) is 0.455. The van der Waals surface area contributed by atoms with Gasteiger partial charge in [0.1, 0.15) is 0 Å². The molecule has 6 heteroatoms. The van der Waals surface area contributed by atoms with Gasteiger partial charge in [0.15, 0.2) is 11.6 Å². The summed E-state index contributed by atoms with van der Waals surface area (Å²) in [6.45, 7) is 1.40. The quantitative estimate of drug-likeness (QED) is 0.809. The summed E-state index contributed by atoms with van der Waals surface area (Å²) in [7, 11) is 1.58. The highest BCUT2D eigenvalue weighted by Gasteiger charge is 2.13. The van der Waals surface area contributed by atoms with Crippen LogP contribution in [-0.2, 0) is 4.74 Å². The van der Waals surface area contributed by atoms with Gasteiger partial charge in [-0.15, -0.1) is 0 Å². The average molecular weight is 302 g/mol. The first-order valence-electron chi connectivity index (χ1n) is 5.11. The summed E-state index contributed by atoms with van der Waals surface area (Å²) >= 11 is 3.15. The maximum absolute atomic E-state index is 13.7. The largest absolute Gasteiger partial charge is 0.383 e. The van der Waals surface area contributed by atoms with E-state index < -0.39 is 5.82 Å². The van der Waals surface area contributed by atoms with E-state index in [1.165, 1.54) is 12.3 Å². The van der Waals surface area contributed by atoms with E-state index in [9.17, 15) is 4.39 Å². The Bertz CT molecular complexity index is 408. The first-order chi connectivity index (χ1) is 8.19. The second-order valence-corrected chi connectivity index (χ2v) is 4.26. The molecule has 1 heterocycles. The van der Waals surface area contributed by atoms with Gasteiger partial charge in [-0.2, -0.15) is 5.26 Å². The van der Waals surface area contributed by atoms with Gasteiger partial charge in [0, 0.05) is 30.9 Å². The van der Waals surface area contributed by atoms with Crippen LogP contribution < -0.4 is 4.90 Å². The van der Waals surface area contributed by atoms with E-state index in [-0.39, 0.29) is 5.82 Å². The number of methoxy groups -OCH3 is 1. The topological polar surface area (TPSA) is 49.1 Å². The molecule has 0 spiro atoms. The number of halogens is 2. The van der Waals surface area contributed by atoms with Gasteiger partial charge in [-0.25, -0.2) is 9.37 Å². The minimum Gasteiger partial charge on any atom is -0.383 e. The summed E-state index contributed by atoms with van der Waals surface area (Å²) in [4.78, 5) is 5.73. The van der Waals surface area contributed by atoms with Gasteiger partial charge in [0.05, 0.1) is 19.1 Å². The third kappa shape index (κ3) is 4.29. The second kappa shape index (κ2) is 7.20. The molecule has 0 aliphatic rings. The van der Waals surface area contributed by atoms with Gasteiger partial charge in [-0.05, 0) is 22.0 Å². The number of pyridine rings is 1. The predicted molar refractivity (Wildman–Crippen MR) is 66.2 cm³/mol. The molecule has 1 aromatic rings. The number of anilines is 1. The molecule has 0 bridgehead atoms. The molecule has 0 aliphatic carbocycles. The normalized spacial score (nSPS) is 10.0. The molecule has 1 rings (SSSR count). The average Bonchev–Trinajstić information content (AvgIpc) is 2.30. The van der Waals surface area contributed by atoms with Crippen LogP contribution in [0.15, 0.2) is 16.7 Å². The summed E-state index contributed by atoms with van der Waals surface area (Å²) in [5.41, 5.74) is 0. The van der Waals surface area contributed by atoms with Crippen molar-refractivity contribution in [3.8, 4) is 6.07 Å². The number of rotatable bonds is 6. The Morgan fingerprint density at radius 3 is 2.94 bits per heavy atom. The highest BCUT2D eigenvalue weighted by atomic mass is 79.9. The molecule has 17 heavy (non-hydrogen) atoms. The zero-order chi connectivity index (χ0) is 12.7. The first kappa shape index (κ1) is 13.9. The maximum Gasteiger partial charge on any atom is 0.166 e. The molecule has 0 saturated carbocycles. The van der Waals surface area contributed by atoms with Crippen LogP contribution in [0.3, 0.4) is 0 Å². The van der Waals surface area contributed by atoms with E-state index >= 15 is 0 Å². The third-order valence-electron chi connectivity index (χ3n) is 2.15. The zero-order valence-corrected chi connectivity index (χ0v) is 11.1. The van der Waals surface area contributed by atoms with Gasteiger partial charge in [-0.3, -0.25) is 0 Å². The van der Waals surface area contributed by atoms with Crippen molar-refractivity contribution in [1.29, 1.82) is 5.26 Å². The van der Waals surface area contributed by atoms with Gasteiger partial charge in [-0.1, -0.05) is 0 Å². The SMILES string of the molecule is COCCN(CCC#N)c1ncc(Br)cc1F. The molecule has 0 atom stereocenters. The van der Waals surface area contributed by atoms with Crippen LogP contribution in [0.5, 0.6) is 0 Å². The second-order valence-electron chi connectivity index (χ2n) is 3.35. The Morgan fingerprint density at radius 1 is 1.59 bits per heavy atom. The Hall–Kier alpha value is -1.19. The van der Waals surface area contributed by atoms with Crippen molar-refractivity contribution < 1.29 is 9.13 Å². The van der Waals surface area contributed by atoms with Crippen molar-refractivity contribution in [3.05, 3.63) is 22.6 Å². The van der Waals surface area contributed by atoms with Gasteiger partial charge in [0.2, 0.25) is 0 Å². The van der Waals surface area contributed by atoms with Crippen molar-refractivity contribution in [1.82, 2.24) is 4.98 Å². The lowest BCUT2D eigenvalue weighted by Gasteiger charge is -2.22. The highest BCUT2D eigenvalue weighted by molar-refractivity contribution is 9.10. The zero-order valence-electron chi connectivity index (χ0n) is 9.49. The van der Waals surface area contributed by atoms with Crippen LogP contribution in [0, 0.1) is 17.1 Å². The van der Waals surface area contributed by atoms with Crippen molar-refractivity contribution in [2.75, 3.05) is 31.7 Å². The van der Waals surface area contributed by atoms with E-state index in [2.05, 4.69) is 20.9 Å². The van der Waals surface area contributed by atoms with E-state index in [0.717, 1.165) is 0 Å². The monoisotopic (exact) mass is 301 g/mol. The van der Waals surface area contributed by atoms with E-state index in [1.807, 2.05) is 6.07 Å². The number of nitriles is 1. The summed E-state index contributed by atoms with van der Waals surface area (Å²) in [6, 6.07) is 3.39. The molecule has 0 amide bonds. The van der Waals surface area contributed by atoms with Crippen LogP contribution in [-0.4, -0.2) is 31.8 Å². The molecule has 0 saturated heterocycles. The van der Waals surface area contributed by atoms with Crippen LogP contribution in [0.1, 0.15) is 6.42 Å². The predicted octanol–water partition coefficient (Wildman–Crippen LogP) is 2.35. The number of nitrogens with zero attached hydrogens (tertiary/aromatic N) is 3. The number of hydrogen-bond acceptors (Lipinski definition) is 4. The summed E-state index contributed by atoms with van der Waals surface area (Å²) < 4.78 is 19.2. The van der Waals surface area contributed by atoms with Crippen LogP contribution >= 0.6 is 15.9 Å². The number of hydrogen-bond donors (Lipinski definition) is 0. The van der Waals surface area contributed by atoms with Crippen LogP contribution in [0.2, 0.25) is 0 Å². The van der Waals surface area contributed by atoms with E-state index in [0.29, 0.717) is 30.6 Å². The molecule has 0 fully saturated rings. The first-order valence-corrected chi connectivity index (χ1v) is 5.90. The lowest BCUT2D eigenvalue weighted by molar-refractivity contribution is 0.205. The minimum absolute atomic E-state index is 0.250. The Kier molecular flexibility index (Phi) is 5.87. The Balaban J connectivity index is 2.83. The van der Waals surface area contributed by atoms with Crippen LogP contribution in [0.25, 0.3) is 0 Å². The van der Waals surface area contributed by atoms with E-state index in [1.54, 1.807) is 12.0 Å². The molecule has 92 valence electrons. The van der Waals surface area contributed by atoms with Crippen LogP contribution in [0.4, 0.5) is 10.2 Å². The molecular weight excluding hydrogens is 289 g/mol. The molecule has 0 aliphatic heterocycles. The highest BCUT2D eigenvalue weighted by Crippen LogP contribution is 2.19. The van der Waals surface area contributed by atoms with Crippen molar-refractivity contribution in [3.63, 3.8) is 0 Å². The number of ether oxygens (including phenoxy) is 1. The van der Waals surface area contributed by atoms with E-state index in [4.69, 9.17) is 10.00 Å². The molecular formula is C11H13BrFN3O. The fourth-order valence-corrected chi connectivity index (χ4v) is 1.65. The summed E-state index contributed by atoms with van der Waals surface area (Å²) in [5, 5.41) is 8.57. The molecule has 0 aromatic carbocycles. The lowest BCUT2D eigenvalue weighted by Crippen LogP contribution is -2.29. The Labute approximate surface area is 108 Å². The standard InChI is InChI=1S/C11H13BrFN3O/c1-17-6-5-16(4-2-3-14)11-10(13)7-9(12)8-15-11/h7-8H,2,4-6H2,1H3. The fourth-order valence-electron chi connectivity index (χ4n) is 1.35. The summed E-state index contributed by atoms with van der Waals surface area (Å²) in [5.74, 6) is -0.158. The molecule has 0 radical (unpaired) electrons. The van der Waals surface area contributed by atoms with Gasteiger partial charge in [0.25, 0.3) is 0 Å². The third-order valence-corrected chi connectivity index (χ3v) is 2.58. The smallest absolute Gasteiger partial charge is 0.166 e. The van der Waals surface area contributed by atoms with Crippen molar-refractivity contribution in [2.24, 2.45) is 0 Å². The molecule has 1 aromatic heterocycles. The van der Waals surface area contributed by atoms with Gasteiger partial charge < -0.3 is 9.64 Å². The lowest BCUT2D eigenvalue weighted by atomic mass is 10.3. The molecule has 0 N–H and O–H groups in total. The van der Waals surface area contributed by atoms with Crippen molar-refractivity contribution in [2.45, 2.75) is 6.42 Å².